The van der Waals surface area contributed by atoms with Crippen LogP contribution >= 0.6 is 0 Å². The molecule has 2 atom stereocenters. The van der Waals surface area contributed by atoms with Gasteiger partial charge < -0.3 is 14.5 Å². The number of methoxy groups -OCH3 is 1. The zero-order chi connectivity index (χ0) is 23.9. The van der Waals surface area contributed by atoms with E-state index in [1.165, 1.54) is 43.9 Å². The predicted molar refractivity (Wildman–Crippen MR) is 134 cm³/mol. The molecule has 1 saturated heterocycles. The highest BCUT2D eigenvalue weighted by Crippen LogP contribution is 2.36. The number of ether oxygens (including phenoxy) is 1. The summed E-state index contributed by atoms with van der Waals surface area (Å²) in [6.07, 6.45) is 6.21. The van der Waals surface area contributed by atoms with Crippen molar-refractivity contribution in [2.75, 3.05) is 26.7 Å². The fraction of sp³-hybridized carbons (Fsp3) is 0.517. The standard InChI is InChI=1S/C22H30N2O3.C7H8/c1-27-21(25)19-11-12-23(14-17-7-8-17)22(26)24(15-18-9-10-18)20(19)13-16-5-3-2-4-6-16;1-7-5-3-2-4-6-7/h2-6,17-20H,7-15H2,1H3;2-6H,1H3. The lowest BCUT2D eigenvalue weighted by Gasteiger charge is -2.35. The van der Waals surface area contributed by atoms with Crippen molar-refractivity contribution in [3.63, 3.8) is 0 Å². The summed E-state index contributed by atoms with van der Waals surface area (Å²) in [4.78, 5) is 30.1. The highest BCUT2D eigenvalue weighted by atomic mass is 16.5. The minimum absolute atomic E-state index is 0.126. The van der Waals surface area contributed by atoms with E-state index in [2.05, 4.69) is 31.2 Å². The lowest BCUT2D eigenvalue weighted by Crippen LogP contribution is -2.51. The summed E-state index contributed by atoms with van der Waals surface area (Å²) in [6, 6.07) is 20.5. The molecule has 0 spiro atoms. The lowest BCUT2D eigenvalue weighted by molar-refractivity contribution is -0.147. The average molecular weight is 463 g/mol. The maximum atomic E-state index is 13.4. The van der Waals surface area contributed by atoms with Crippen molar-refractivity contribution in [3.05, 3.63) is 71.8 Å². The second-order valence-electron chi connectivity index (χ2n) is 10.1. The zero-order valence-electron chi connectivity index (χ0n) is 20.6. The number of hydrogen-bond acceptors (Lipinski definition) is 3. The molecule has 34 heavy (non-hydrogen) atoms. The van der Waals surface area contributed by atoms with Crippen LogP contribution in [-0.2, 0) is 16.0 Å². The molecule has 1 aliphatic heterocycles. The molecular weight excluding hydrogens is 424 g/mol. The summed E-state index contributed by atoms with van der Waals surface area (Å²) >= 11 is 0. The average Bonchev–Trinajstić information content (AvgIpc) is 3.78. The summed E-state index contributed by atoms with van der Waals surface area (Å²) in [5, 5.41) is 0. The van der Waals surface area contributed by atoms with Crippen molar-refractivity contribution >= 4 is 12.0 Å². The molecule has 2 aliphatic carbocycles. The molecule has 5 rings (SSSR count). The maximum Gasteiger partial charge on any atom is 0.320 e. The van der Waals surface area contributed by atoms with E-state index in [0.29, 0.717) is 31.2 Å². The van der Waals surface area contributed by atoms with Gasteiger partial charge in [0.25, 0.3) is 0 Å². The van der Waals surface area contributed by atoms with Crippen molar-refractivity contribution in [3.8, 4) is 0 Å². The molecule has 5 heteroatoms. The zero-order valence-corrected chi connectivity index (χ0v) is 20.6. The second kappa shape index (κ2) is 11.5. The van der Waals surface area contributed by atoms with Crippen LogP contribution in [0.1, 0.15) is 43.2 Å². The number of carbonyl (C=O) groups is 2. The molecule has 2 aromatic carbocycles. The minimum Gasteiger partial charge on any atom is -0.469 e. The quantitative estimate of drug-likeness (QED) is 0.523. The molecule has 2 amide bonds. The number of esters is 1. The van der Waals surface area contributed by atoms with Crippen LogP contribution in [0.4, 0.5) is 4.79 Å². The van der Waals surface area contributed by atoms with Gasteiger partial charge in [-0.2, -0.15) is 0 Å². The number of urea groups is 1. The van der Waals surface area contributed by atoms with Crippen LogP contribution in [0.25, 0.3) is 0 Å². The topological polar surface area (TPSA) is 49.9 Å². The third-order valence-corrected chi connectivity index (χ3v) is 7.15. The molecule has 0 N–H and O–H groups in total. The van der Waals surface area contributed by atoms with E-state index < -0.39 is 0 Å². The highest BCUT2D eigenvalue weighted by Gasteiger charge is 2.43. The van der Waals surface area contributed by atoms with Gasteiger partial charge in [0.2, 0.25) is 0 Å². The summed E-state index contributed by atoms with van der Waals surface area (Å²) in [5.74, 6) is 0.797. The number of hydrogen-bond donors (Lipinski definition) is 0. The van der Waals surface area contributed by atoms with Gasteiger partial charge in [0.15, 0.2) is 0 Å². The number of benzene rings is 2. The lowest BCUT2D eigenvalue weighted by atomic mass is 9.90. The molecule has 3 fully saturated rings. The largest absolute Gasteiger partial charge is 0.469 e. The van der Waals surface area contributed by atoms with Crippen LogP contribution < -0.4 is 0 Å². The van der Waals surface area contributed by atoms with Crippen LogP contribution in [0, 0.1) is 24.7 Å². The maximum absolute atomic E-state index is 13.4. The monoisotopic (exact) mass is 462 g/mol. The van der Waals surface area contributed by atoms with Crippen molar-refractivity contribution in [1.29, 1.82) is 0 Å². The first-order valence-corrected chi connectivity index (χ1v) is 12.7. The number of nitrogens with zero attached hydrogens (tertiary/aromatic N) is 2. The smallest absolute Gasteiger partial charge is 0.320 e. The Balaban J connectivity index is 0.000000336. The number of carbonyl (C=O) groups excluding carboxylic acids is 2. The molecule has 2 unspecified atom stereocenters. The molecule has 0 bridgehead atoms. The minimum atomic E-state index is -0.262. The molecule has 1 heterocycles. The molecule has 0 radical (unpaired) electrons. The molecule has 2 saturated carbocycles. The van der Waals surface area contributed by atoms with Crippen molar-refractivity contribution in [2.24, 2.45) is 17.8 Å². The van der Waals surface area contributed by atoms with Crippen molar-refractivity contribution in [2.45, 2.75) is 51.5 Å². The van der Waals surface area contributed by atoms with Gasteiger partial charge in [0.1, 0.15) is 0 Å². The number of rotatable bonds is 7. The van der Waals surface area contributed by atoms with Crippen molar-refractivity contribution in [1.82, 2.24) is 9.80 Å². The fourth-order valence-corrected chi connectivity index (χ4v) is 4.77. The Morgan fingerprint density at radius 1 is 0.882 bits per heavy atom. The van der Waals surface area contributed by atoms with E-state index in [9.17, 15) is 9.59 Å². The Morgan fingerprint density at radius 2 is 1.47 bits per heavy atom. The third-order valence-electron chi connectivity index (χ3n) is 7.15. The normalized spacial score (nSPS) is 22.5. The van der Waals surface area contributed by atoms with Gasteiger partial charge in [-0.3, -0.25) is 4.79 Å². The highest BCUT2D eigenvalue weighted by molar-refractivity contribution is 5.79. The Hall–Kier alpha value is -2.82. The summed E-state index contributed by atoms with van der Waals surface area (Å²) < 4.78 is 5.15. The Labute approximate surface area is 204 Å². The Bertz CT molecular complexity index is 925. The fourth-order valence-electron chi connectivity index (χ4n) is 4.77. The van der Waals surface area contributed by atoms with E-state index in [1.54, 1.807) is 0 Å². The van der Waals surface area contributed by atoms with Gasteiger partial charge in [0.05, 0.1) is 19.1 Å². The van der Waals surface area contributed by atoms with Crippen molar-refractivity contribution < 1.29 is 14.3 Å². The van der Waals surface area contributed by atoms with Gasteiger partial charge in [-0.25, -0.2) is 4.79 Å². The third kappa shape index (κ3) is 6.85. The second-order valence-corrected chi connectivity index (χ2v) is 10.1. The molecule has 182 valence electrons. The number of aryl methyl sites for hydroxylation is 1. The van der Waals surface area contributed by atoms with Crippen LogP contribution in [0.5, 0.6) is 0 Å². The molecule has 2 aromatic rings. The first-order chi connectivity index (χ1) is 16.5. The van der Waals surface area contributed by atoms with Crippen LogP contribution in [0.3, 0.4) is 0 Å². The van der Waals surface area contributed by atoms with E-state index >= 15 is 0 Å². The van der Waals surface area contributed by atoms with E-state index in [0.717, 1.165) is 13.1 Å². The van der Waals surface area contributed by atoms with Gasteiger partial charge >= 0.3 is 12.0 Å². The van der Waals surface area contributed by atoms with Gasteiger partial charge in [-0.15, -0.1) is 0 Å². The summed E-state index contributed by atoms with van der Waals surface area (Å²) in [6.45, 7) is 4.35. The first kappa shape index (κ1) is 24.3. The molecule has 0 aromatic heterocycles. The van der Waals surface area contributed by atoms with Gasteiger partial charge in [-0.05, 0) is 62.8 Å². The first-order valence-electron chi connectivity index (χ1n) is 12.7. The number of amides is 2. The summed E-state index contributed by atoms with van der Waals surface area (Å²) in [7, 11) is 1.46. The van der Waals surface area contributed by atoms with Crippen LogP contribution in [-0.4, -0.2) is 54.6 Å². The SMILES string of the molecule is COC(=O)C1CCN(CC2CC2)C(=O)N(CC2CC2)C1Cc1ccccc1.Cc1ccccc1. The molecular formula is C29H38N2O3. The summed E-state index contributed by atoms with van der Waals surface area (Å²) in [5.41, 5.74) is 2.49. The van der Waals surface area contributed by atoms with Crippen LogP contribution in [0.2, 0.25) is 0 Å². The molecule has 5 nitrogen and oxygen atoms in total. The van der Waals surface area contributed by atoms with E-state index in [4.69, 9.17) is 4.74 Å². The van der Waals surface area contributed by atoms with Gasteiger partial charge in [-0.1, -0.05) is 66.2 Å². The van der Waals surface area contributed by atoms with E-state index in [1.807, 2.05) is 46.2 Å². The van der Waals surface area contributed by atoms with E-state index in [-0.39, 0.29) is 24.0 Å². The van der Waals surface area contributed by atoms with Crippen LogP contribution in [0.15, 0.2) is 60.7 Å². The Kier molecular flexibility index (Phi) is 8.25. The molecule has 3 aliphatic rings. The Morgan fingerprint density at radius 3 is 2.00 bits per heavy atom. The van der Waals surface area contributed by atoms with Gasteiger partial charge in [0, 0.05) is 19.6 Å². The predicted octanol–water partition coefficient (Wildman–Crippen LogP) is 5.33.